The number of hydrogen-bond acceptors (Lipinski definition) is 2. The fraction of sp³-hybridized carbons (Fsp3) is 0.500. The van der Waals surface area contributed by atoms with E-state index < -0.39 is 0 Å². The topological polar surface area (TPSA) is 49.9 Å². The Hall–Kier alpha value is -0.790. The van der Waals surface area contributed by atoms with Gasteiger partial charge in [-0.05, 0) is 6.20 Å². The lowest BCUT2D eigenvalue weighted by molar-refractivity contribution is 0.688. The summed E-state index contributed by atoms with van der Waals surface area (Å²) in [6.07, 6.45) is 4.60. The Kier molecular flexibility index (Phi) is 2.25. The van der Waals surface area contributed by atoms with Crippen molar-refractivity contribution >= 4 is 6.21 Å². The van der Waals surface area contributed by atoms with E-state index in [1.807, 2.05) is 13.8 Å². The van der Waals surface area contributed by atoms with Crippen molar-refractivity contribution in [1.29, 1.82) is 5.41 Å². The van der Waals surface area contributed by atoms with Crippen molar-refractivity contribution < 1.29 is 0 Å². The standard InChI is InChI=1S/C6H12N2/c1-6(2,5-8)3-4-7/h3-5,8H,7H2,1-2H3/b4-3-,8-5?. The minimum atomic E-state index is -0.172. The molecule has 0 bridgehead atoms. The highest BCUT2D eigenvalue weighted by Crippen LogP contribution is 2.10. The average molecular weight is 112 g/mol. The van der Waals surface area contributed by atoms with Gasteiger partial charge in [-0.2, -0.15) is 0 Å². The van der Waals surface area contributed by atoms with Gasteiger partial charge in [0, 0.05) is 11.6 Å². The molecule has 0 saturated heterocycles. The maximum atomic E-state index is 6.88. The van der Waals surface area contributed by atoms with Crippen molar-refractivity contribution in [3.05, 3.63) is 12.3 Å². The monoisotopic (exact) mass is 112 g/mol. The average Bonchev–Trinajstić information content (AvgIpc) is 1.67. The Morgan fingerprint density at radius 1 is 1.50 bits per heavy atom. The molecular formula is C6H12N2. The Bertz CT molecular complexity index is 103. The van der Waals surface area contributed by atoms with Gasteiger partial charge in [-0.3, -0.25) is 0 Å². The van der Waals surface area contributed by atoms with E-state index in [-0.39, 0.29) is 5.41 Å². The minimum Gasteiger partial charge on any atom is -0.405 e. The predicted molar refractivity (Wildman–Crippen MR) is 35.9 cm³/mol. The molecule has 0 atom stereocenters. The molecule has 3 N–H and O–H groups in total. The lowest BCUT2D eigenvalue weighted by Crippen LogP contribution is -2.08. The zero-order valence-electron chi connectivity index (χ0n) is 5.31. The van der Waals surface area contributed by atoms with Gasteiger partial charge in [0.2, 0.25) is 0 Å². The van der Waals surface area contributed by atoms with Crippen LogP contribution in [-0.4, -0.2) is 6.21 Å². The lowest BCUT2D eigenvalue weighted by Gasteiger charge is -2.09. The fourth-order valence-electron chi connectivity index (χ4n) is 0.296. The SMILES string of the molecule is CC(C)(C=N)/C=C\N. The summed E-state index contributed by atoms with van der Waals surface area (Å²) in [5.74, 6) is 0. The van der Waals surface area contributed by atoms with Crippen LogP contribution in [0.25, 0.3) is 0 Å². The van der Waals surface area contributed by atoms with Crippen molar-refractivity contribution in [1.82, 2.24) is 0 Å². The first-order chi connectivity index (χ1) is 3.62. The molecule has 0 spiro atoms. The van der Waals surface area contributed by atoms with Gasteiger partial charge in [0.25, 0.3) is 0 Å². The molecule has 0 aromatic heterocycles. The van der Waals surface area contributed by atoms with E-state index in [1.165, 1.54) is 12.4 Å². The van der Waals surface area contributed by atoms with Crippen molar-refractivity contribution in [3.63, 3.8) is 0 Å². The number of allylic oxidation sites excluding steroid dienone is 1. The molecule has 0 rings (SSSR count). The minimum absolute atomic E-state index is 0.172. The molecule has 0 aromatic rings. The highest BCUT2D eigenvalue weighted by atomic mass is 14.5. The summed E-state index contributed by atoms with van der Waals surface area (Å²) in [5.41, 5.74) is 4.93. The van der Waals surface area contributed by atoms with Crippen LogP contribution >= 0.6 is 0 Å². The number of nitrogens with one attached hydrogen (secondary N) is 1. The molecule has 0 aromatic carbocycles. The summed E-state index contributed by atoms with van der Waals surface area (Å²) in [6, 6.07) is 0. The summed E-state index contributed by atoms with van der Waals surface area (Å²) in [5, 5.41) is 6.88. The van der Waals surface area contributed by atoms with Gasteiger partial charge in [-0.1, -0.05) is 19.9 Å². The van der Waals surface area contributed by atoms with Crippen LogP contribution in [0.4, 0.5) is 0 Å². The van der Waals surface area contributed by atoms with E-state index >= 15 is 0 Å². The second-order valence-corrected chi connectivity index (χ2v) is 2.32. The molecule has 0 saturated carbocycles. The van der Waals surface area contributed by atoms with Crippen LogP contribution in [0.3, 0.4) is 0 Å². The van der Waals surface area contributed by atoms with E-state index in [1.54, 1.807) is 6.08 Å². The molecule has 0 amide bonds. The van der Waals surface area contributed by atoms with Gasteiger partial charge in [0.05, 0.1) is 0 Å². The summed E-state index contributed by atoms with van der Waals surface area (Å²) in [7, 11) is 0. The maximum Gasteiger partial charge on any atom is 0.0189 e. The Morgan fingerprint density at radius 3 is 2.12 bits per heavy atom. The molecule has 8 heavy (non-hydrogen) atoms. The first-order valence-corrected chi connectivity index (χ1v) is 2.53. The molecule has 0 aliphatic rings. The molecule has 46 valence electrons. The van der Waals surface area contributed by atoms with E-state index in [4.69, 9.17) is 11.1 Å². The smallest absolute Gasteiger partial charge is 0.0189 e. The zero-order valence-corrected chi connectivity index (χ0v) is 5.31. The van der Waals surface area contributed by atoms with Crippen molar-refractivity contribution in [2.45, 2.75) is 13.8 Å². The molecule has 0 fully saturated rings. The van der Waals surface area contributed by atoms with Crippen LogP contribution in [0.5, 0.6) is 0 Å². The molecule has 0 aliphatic carbocycles. The van der Waals surface area contributed by atoms with E-state index in [0.717, 1.165) is 0 Å². The van der Waals surface area contributed by atoms with Gasteiger partial charge in [-0.25, -0.2) is 0 Å². The Morgan fingerprint density at radius 2 is 2.00 bits per heavy atom. The number of nitrogens with two attached hydrogens (primary N) is 1. The van der Waals surface area contributed by atoms with Crippen LogP contribution in [-0.2, 0) is 0 Å². The van der Waals surface area contributed by atoms with Gasteiger partial charge < -0.3 is 11.1 Å². The molecule has 2 heteroatoms. The van der Waals surface area contributed by atoms with E-state index in [9.17, 15) is 0 Å². The quantitative estimate of drug-likeness (QED) is 0.517. The van der Waals surface area contributed by atoms with Gasteiger partial charge in [0.15, 0.2) is 0 Å². The summed E-state index contributed by atoms with van der Waals surface area (Å²) < 4.78 is 0. The molecule has 0 unspecified atom stereocenters. The van der Waals surface area contributed by atoms with Crippen LogP contribution in [0, 0.1) is 10.8 Å². The molecule has 2 nitrogen and oxygen atoms in total. The number of rotatable bonds is 2. The fourth-order valence-corrected chi connectivity index (χ4v) is 0.296. The summed E-state index contributed by atoms with van der Waals surface area (Å²) in [6.45, 7) is 3.84. The Labute approximate surface area is 49.9 Å². The second-order valence-electron chi connectivity index (χ2n) is 2.32. The third-order valence-corrected chi connectivity index (χ3v) is 0.898. The second kappa shape index (κ2) is 2.50. The lowest BCUT2D eigenvalue weighted by atomic mass is 9.96. The first-order valence-electron chi connectivity index (χ1n) is 2.53. The molecule has 0 radical (unpaired) electrons. The zero-order chi connectivity index (χ0) is 6.62. The summed E-state index contributed by atoms with van der Waals surface area (Å²) >= 11 is 0. The van der Waals surface area contributed by atoms with Crippen molar-refractivity contribution in [2.75, 3.05) is 0 Å². The molecule has 0 heterocycles. The van der Waals surface area contributed by atoms with Crippen LogP contribution < -0.4 is 5.73 Å². The largest absolute Gasteiger partial charge is 0.405 e. The van der Waals surface area contributed by atoms with Crippen molar-refractivity contribution in [2.24, 2.45) is 11.1 Å². The maximum absolute atomic E-state index is 6.88. The van der Waals surface area contributed by atoms with E-state index in [0.29, 0.717) is 0 Å². The molecular weight excluding hydrogens is 100 g/mol. The highest BCUT2D eigenvalue weighted by Gasteiger charge is 2.06. The highest BCUT2D eigenvalue weighted by molar-refractivity contribution is 5.63. The number of hydrogen-bond donors (Lipinski definition) is 2. The first kappa shape index (κ1) is 7.21. The van der Waals surface area contributed by atoms with Gasteiger partial charge >= 0.3 is 0 Å². The Balaban J connectivity index is 3.90. The van der Waals surface area contributed by atoms with Gasteiger partial charge in [0.1, 0.15) is 0 Å². The third-order valence-electron chi connectivity index (χ3n) is 0.898. The summed E-state index contributed by atoms with van der Waals surface area (Å²) in [4.78, 5) is 0. The third kappa shape index (κ3) is 2.39. The normalized spacial score (nSPS) is 12.2. The van der Waals surface area contributed by atoms with Crippen molar-refractivity contribution in [3.8, 4) is 0 Å². The van der Waals surface area contributed by atoms with Crippen LogP contribution in [0.15, 0.2) is 12.3 Å². The van der Waals surface area contributed by atoms with Gasteiger partial charge in [-0.15, -0.1) is 0 Å². The van der Waals surface area contributed by atoms with E-state index in [2.05, 4.69) is 0 Å². The predicted octanol–water partition coefficient (Wildman–Crippen LogP) is 1.13. The molecule has 0 aliphatic heterocycles. The van der Waals surface area contributed by atoms with Crippen LogP contribution in [0.1, 0.15) is 13.8 Å². The van der Waals surface area contributed by atoms with Crippen LogP contribution in [0.2, 0.25) is 0 Å².